The highest BCUT2D eigenvalue weighted by molar-refractivity contribution is 5.66. The van der Waals surface area contributed by atoms with E-state index in [4.69, 9.17) is 9.84 Å². The van der Waals surface area contributed by atoms with Crippen molar-refractivity contribution in [2.45, 2.75) is 52.1 Å². The number of rotatable bonds is 8. The van der Waals surface area contributed by atoms with E-state index in [1.165, 1.54) is 0 Å². The van der Waals surface area contributed by atoms with Gasteiger partial charge in [0, 0.05) is 6.42 Å². The average molecular weight is 250 g/mol. The van der Waals surface area contributed by atoms with Gasteiger partial charge in [-0.15, -0.1) is 0 Å². The fourth-order valence-corrected chi connectivity index (χ4v) is 1.83. The predicted molar refractivity (Wildman–Crippen MR) is 72.0 cm³/mol. The first kappa shape index (κ1) is 14.6. The lowest BCUT2D eigenvalue weighted by Gasteiger charge is -2.15. The van der Waals surface area contributed by atoms with E-state index in [9.17, 15) is 4.79 Å². The molecule has 1 aromatic rings. The third-order valence-electron chi connectivity index (χ3n) is 2.99. The highest BCUT2D eigenvalue weighted by Crippen LogP contribution is 2.17. The van der Waals surface area contributed by atoms with E-state index < -0.39 is 5.97 Å². The number of ether oxygens (including phenoxy) is 1. The molecule has 0 saturated heterocycles. The van der Waals surface area contributed by atoms with Crippen LogP contribution in [0.15, 0.2) is 24.3 Å². The van der Waals surface area contributed by atoms with Crippen LogP contribution < -0.4 is 4.74 Å². The van der Waals surface area contributed by atoms with Crippen molar-refractivity contribution in [3.8, 4) is 5.75 Å². The molecule has 3 nitrogen and oxygen atoms in total. The molecule has 0 aliphatic carbocycles. The number of carbonyl (C=O) groups is 1. The molecule has 0 heterocycles. The molecule has 0 atom stereocenters. The van der Waals surface area contributed by atoms with E-state index in [-0.39, 0.29) is 12.5 Å². The largest absolute Gasteiger partial charge is 0.490 e. The van der Waals surface area contributed by atoms with Crippen LogP contribution in [-0.2, 0) is 11.2 Å². The SMILES string of the molecule is CCC(CC)Oc1ccc(CCCC(=O)O)cc1. The van der Waals surface area contributed by atoms with Gasteiger partial charge >= 0.3 is 5.97 Å². The van der Waals surface area contributed by atoms with Crippen LogP contribution in [0.25, 0.3) is 0 Å². The zero-order chi connectivity index (χ0) is 13.4. The van der Waals surface area contributed by atoms with Crippen LogP contribution in [0.3, 0.4) is 0 Å². The molecule has 1 aromatic carbocycles. The van der Waals surface area contributed by atoms with E-state index in [1.807, 2.05) is 24.3 Å². The molecule has 0 spiro atoms. The average Bonchev–Trinajstić information content (AvgIpc) is 2.37. The topological polar surface area (TPSA) is 46.5 Å². The second kappa shape index (κ2) is 7.75. The molecular formula is C15H22O3. The summed E-state index contributed by atoms with van der Waals surface area (Å²) in [6.45, 7) is 4.24. The van der Waals surface area contributed by atoms with Crippen LogP contribution in [0, 0.1) is 0 Å². The van der Waals surface area contributed by atoms with Crippen molar-refractivity contribution < 1.29 is 14.6 Å². The molecule has 0 unspecified atom stereocenters. The maximum atomic E-state index is 10.4. The Morgan fingerprint density at radius 3 is 2.33 bits per heavy atom. The molecule has 0 saturated carbocycles. The number of carboxylic acid groups (broad SMARTS) is 1. The Bertz CT molecular complexity index is 353. The third-order valence-corrected chi connectivity index (χ3v) is 2.99. The lowest BCUT2D eigenvalue weighted by molar-refractivity contribution is -0.137. The van der Waals surface area contributed by atoms with Crippen LogP contribution in [0.5, 0.6) is 5.75 Å². The summed E-state index contributed by atoms with van der Waals surface area (Å²) in [5.74, 6) is 0.161. The highest BCUT2D eigenvalue weighted by Gasteiger charge is 2.05. The number of hydrogen-bond donors (Lipinski definition) is 1. The molecule has 18 heavy (non-hydrogen) atoms. The van der Waals surface area contributed by atoms with Crippen molar-refractivity contribution in [2.75, 3.05) is 0 Å². The predicted octanol–water partition coefficient (Wildman–Crippen LogP) is 3.66. The molecule has 0 aliphatic heterocycles. The van der Waals surface area contributed by atoms with Gasteiger partial charge < -0.3 is 9.84 Å². The van der Waals surface area contributed by atoms with Crippen molar-refractivity contribution >= 4 is 5.97 Å². The van der Waals surface area contributed by atoms with Crippen LogP contribution >= 0.6 is 0 Å². The van der Waals surface area contributed by atoms with Crippen molar-refractivity contribution in [2.24, 2.45) is 0 Å². The lowest BCUT2D eigenvalue weighted by atomic mass is 10.1. The molecule has 0 fully saturated rings. The maximum Gasteiger partial charge on any atom is 0.303 e. The van der Waals surface area contributed by atoms with Gasteiger partial charge in [-0.05, 0) is 43.4 Å². The van der Waals surface area contributed by atoms with Crippen LogP contribution in [-0.4, -0.2) is 17.2 Å². The molecular weight excluding hydrogens is 228 g/mol. The standard InChI is InChI=1S/C15H22O3/c1-3-13(4-2)18-14-10-8-12(9-11-14)6-5-7-15(16)17/h8-11,13H,3-7H2,1-2H3,(H,16,17). The summed E-state index contributed by atoms with van der Waals surface area (Å²) in [5.41, 5.74) is 1.16. The fourth-order valence-electron chi connectivity index (χ4n) is 1.83. The van der Waals surface area contributed by atoms with Crippen molar-refractivity contribution in [1.29, 1.82) is 0 Å². The van der Waals surface area contributed by atoms with Gasteiger partial charge in [0.2, 0.25) is 0 Å². The van der Waals surface area contributed by atoms with Crippen molar-refractivity contribution in [1.82, 2.24) is 0 Å². The Hall–Kier alpha value is -1.51. The number of carboxylic acids is 1. The van der Waals surface area contributed by atoms with Crippen molar-refractivity contribution in [3.63, 3.8) is 0 Å². The lowest BCUT2D eigenvalue weighted by Crippen LogP contribution is -2.13. The summed E-state index contributed by atoms with van der Waals surface area (Å²) in [6.07, 6.45) is 4.02. The molecule has 100 valence electrons. The molecule has 0 bridgehead atoms. The molecule has 0 aromatic heterocycles. The van der Waals surface area contributed by atoms with Gasteiger partial charge in [0.15, 0.2) is 0 Å². The quantitative estimate of drug-likeness (QED) is 0.765. The van der Waals surface area contributed by atoms with Gasteiger partial charge in [0.1, 0.15) is 5.75 Å². The Morgan fingerprint density at radius 1 is 1.22 bits per heavy atom. The zero-order valence-corrected chi connectivity index (χ0v) is 11.2. The zero-order valence-electron chi connectivity index (χ0n) is 11.2. The van der Waals surface area contributed by atoms with Gasteiger partial charge in [0.25, 0.3) is 0 Å². The van der Waals surface area contributed by atoms with Gasteiger partial charge in [0.05, 0.1) is 6.10 Å². The third kappa shape index (κ3) is 5.21. The Morgan fingerprint density at radius 2 is 1.83 bits per heavy atom. The van der Waals surface area contributed by atoms with E-state index in [0.717, 1.165) is 30.6 Å². The summed E-state index contributed by atoms with van der Waals surface area (Å²) in [5, 5.41) is 8.57. The Labute approximate surface area is 109 Å². The Balaban J connectivity index is 2.44. The molecule has 0 amide bonds. The Kier molecular flexibility index (Phi) is 6.26. The number of hydrogen-bond acceptors (Lipinski definition) is 2. The van der Waals surface area contributed by atoms with E-state index in [1.54, 1.807) is 0 Å². The first-order valence-corrected chi connectivity index (χ1v) is 6.63. The summed E-state index contributed by atoms with van der Waals surface area (Å²) in [7, 11) is 0. The van der Waals surface area contributed by atoms with Crippen LogP contribution in [0.4, 0.5) is 0 Å². The molecule has 1 rings (SSSR count). The highest BCUT2D eigenvalue weighted by atomic mass is 16.5. The van der Waals surface area contributed by atoms with E-state index in [0.29, 0.717) is 6.42 Å². The van der Waals surface area contributed by atoms with Gasteiger partial charge in [-0.3, -0.25) is 4.79 Å². The van der Waals surface area contributed by atoms with Crippen LogP contribution in [0.2, 0.25) is 0 Å². The van der Waals surface area contributed by atoms with Gasteiger partial charge in [-0.25, -0.2) is 0 Å². The monoisotopic (exact) mass is 250 g/mol. The summed E-state index contributed by atoms with van der Waals surface area (Å²) >= 11 is 0. The summed E-state index contributed by atoms with van der Waals surface area (Å²) in [4.78, 5) is 10.4. The maximum absolute atomic E-state index is 10.4. The fraction of sp³-hybridized carbons (Fsp3) is 0.533. The second-order valence-electron chi connectivity index (χ2n) is 4.45. The minimum atomic E-state index is -0.733. The summed E-state index contributed by atoms with van der Waals surface area (Å²) in [6, 6.07) is 7.96. The second-order valence-corrected chi connectivity index (χ2v) is 4.45. The number of aliphatic carboxylic acids is 1. The minimum Gasteiger partial charge on any atom is -0.490 e. The van der Waals surface area contributed by atoms with E-state index >= 15 is 0 Å². The molecule has 0 aliphatic rings. The van der Waals surface area contributed by atoms with E-state index in [2.05, 4.69) is 13.8 Å². The van der Waals surface area contributed by atoms with Gasteiger partial charge in [-0.1, -0.05) is 26.0 Å². The van der Waals surface area contributed by atoms with Crippen molar-refractivity contribution in [3.05, 3.63) is 29.8 Å². The normalized spacial score (nSPS) is 10.6. The molecule has 0 radical (unpaired) electrons. The number of benzene rings is 1. The van der Waals surface area contributed by atoms with Crippen LogP contribution in [0.1, 0.15) is 45.1 Å². The number of aryl methyl sites for hydroxylation is 1. The first-order chi connectivity index (χ1) is 8.65. The summed E-state index contributed by atoms with van der Waals surface area (Å²) < 4.78 is 5.82. The first-order valence-electron chi connectivity index (χ1n) is 6.63. The molecule has 3 heteroatoms. The van der Waals surface area contributed by atoms with Gasteiger partial charge in [-0.2, -0.15) is 0 Å². The smallest absolute Gasteiger partial charge is 0.303 e. The minimum absolute atomic E-state index is 0.228. The molecule has 1 N–H and O–H groups in total.